The number of rotatable bonds is 6. The third-order valence-corrected chi connectivity index (χ3v) is 7.06. The molecule has 28 heavy (non-hydrogen) atoms. The van der Waals surface area contributed by atoms with Crippen LogP contribution in [0.3, 0.4) is 0 Å². The van der Waals surface area contributed by atoms with Crippen molar-refractivity contribution in [3.05, 3.63) is 53.1 Å². The van der Waals surface area contributed by atoms with E-state index in [2.05, 4.69) is 4.90 Å². The van der Waals surface area contributed by atoms with E-state index in [1.807, 2.05) is 24.3 Å². The Morgan fingerprint density at radius 1 is 0.964 bits per heavy atom. The Morgan fingerprint density at radius 3 is 2.36 bits per heavy atom. The van der Waals surface area contributed by atoms with Crippen LogP contribution in [0.5, 0.6) is 11.5 Å². The van der Waals surface area contributed by atoms with Crippen LogP contribution < -0.4 is 9.47 Å². The van der Waals surface area contributed by atoms with E-state index < -0.39 is 10.0 Å². The maximum atomic E-state index is 13.0. The summed E-state index contributed by atoms with van der Waals surface area (Å²) in [5, 5.41) is 0.291. The van der Waals surface area contributed by atoms with Crippen molar-refractivity contribution < 1.29 is 17.9 Å². The van der Waals surface area contributed by atoms with Gasteiger partial charge in [-0.15, -0.1) is 0 Å². The van der Waals surface area contributed by atoms with Gasteiger partial charge in [-0.1, -0.05) is 23.7 Å². The third kappa shape index (κ3) is 4.78. The molecule has 1 saturated heterocycles. The fourth-order valence-corrected chi connectivity index (χ4v) is 5.11. The average molecular weight is 425 g/mol. The highest BCUT2D eigenvalue weighted by Crippen LogP contribution is 2.28. The average Bonchev–Trinajstić information content (AvgIpc) is 2.94. The first-order valence-electron chi connectivity index (χ1n) is 9.13. The molecule has 1 aliphatic heterocycles. The fraction of sp³-hybridized carbons (Fsp3) is 0.400. The Hall–Kier alpha value is -1.80. The number of nitrogens with zero attached hydrogens (tertiary/aromatic N) is 2. The normalized spacial score (nSPS) is 16.5. The van der Waals surface area contributed by atoms with Gasteiger partial charge in [-0.3, -0.25) is 4.90 Å². The maximum absolute atomic E-state index is 13.0. The van der Waals surface area contributed by atoms with E-state index in [1.54, 1.807) is 23.5 Å². The minimum absolute atomic E-state index is 0.196. The molecule has 0 amide bonds. The molecule has 8 heteroatoms. The highest BCUT2D eigenvalue weighted by atomic mass is 35.5. The van der Waals surface area contributed by atoms with Gasteiger partial charge in [0.15, 0.2) is 0 Å². The third-order valence-electron chi connectivity index (χ3n) is 4.87. The van der Waals surface area contributed by atoms with Crippen molar-refractivity contribution in [1.82, 2.24) is 9.21 Å². The number of sulfonamides is 1. The van der Waals surface area contributed by atoms with Crippen molar-refractivity contribution in [2.45, 2.75) is 17.9 Å². The summed E-state index contributed by atoms with van der Waals surface area (Å²) in [5.74, 6) is 1.29. The summed E-state index contributed by atoms with van der Waals surface area (Å²) in [4.78, 5) is 2.47. The van der Waals surface area contributed by atoms with Crippen molar-refractivity contribution in [3.8, 4) is 11.5 Å². The summed E-state index contributed by atoms with van der Waals surface area (Å²) in [7, 11) is -0.439. The summed E-state index contributed by atoms with van der Waals surface area (Å²) in [6, 6.07) is 12.5. The number of hydrogen-bond donors (Lipinski definition) is 0. The Labute approximate surface area is 171 Å². The Balaban J connectivity index is 1.67. The van der Waals surface area contributed by atoms with E-state index in [0.717, 1.165) is 25.3 Å². The molecule has 0 saturated carbocycles. The highest BCUT2D eigenvalue weighted by Gasteiger charge is 2.27. The molecule has 0 spiro atoms. The first-order chi connectivity index (χ1) is 13.4. The zero-order valence-electron chi connectivity index (χ0n) is 16.1. The van der Waals surface area contributed by atoms with Crippen LogP contribution in [0.1, 0.15) is 12.0 Å². The summed E-state index contributed by atoms with van der Waals surface area (Å²) in [5.41, 5.74) is 1.18. The van der Waals surface area contributed by atoms with Crippen LogP contribution in [0.4, 0.5) is 0 Å². The van der Waals surface area contributed by atoms with Crippen LogP contribution in [0.25, 0.3) is 0 Å². The molecule has 0 bridgehead atoms. The molecule has 2 aromatic rings. The van der Waals surface area contributed by atoms with Crippen molar-refractivity contribution in [1.29, 1.82) is 0 Å². The minimum Gasteiger partial charge on any atom is -0.497 e. The van der Waals surface area contributed by atoms with Crippen LogP contribution in [-0.2, 0) is 16.6 Å². The van der Waals surface area contributed by atoms with Crippen molar-refractivity contribution >= 4 is 21.6 Å². The second-order valence-corrected chi connectivity index (χ2v) is 9.02. The molecule has 0 N–H and O–H groups in total. The first-order valence-corrected chi connectivity index (χ1v) is 10.9. The van der Waals surface area contributed by atoms with Crippen LogP contribution >= 0.6 is 11.6 Å². The predicted octanol–water partition coefficient (Wildman–Crippen LogP) is 3.25. The van der Waals surface area contributed by atoms with Gasteiger partial charge in [0, 0.05) is 26.2 Å². The zero-order valence-corrected chi connectivity index (χ0v) is 17.7. The van der Waals surface area contributed by atoms with Gasteiger partial charge in [0.05, 0.1) is 24.1 Å². The van der Waals surface area contributed by atoms with Gasteiger partial charge >= 0.3 is 0 Å². The van der Waals surface area contributed by atoms with Gasteiger partial charge in [0.1, 0.15) is 11.5 Å². The quantitative estimate of drug-likeness (QED) is 0.712. The van der Waals surface area contributed by atoms with Crippen molar-refractivity contribution in [3.63, 3.8) is 0 Å². The van der Waals surface area contributed by atoms with Gasteiger partial charge in [-0.2, -0.15) is 4.31 Å². The Morgan fingerprint density at radius 2 is 1.71 bits per heavy atom. The summed E-state index contributed by atoms with van der Waals surface area (Å²) in [6.45, 7) is 3.25. The largest absolute Gasteiger partial charge is 0.497 e. The van der Waals surface area contributed by atoms with E-state index in [9.17, 15) is 8.42 Å². The molecule has 3 rings (SSSR count). The molecule has 152 valence electrons. The SMILES string of the molecule is COc1ccc(CN2CCCN(S(=O)(=O)c3ccc(OC)c(Cl)c3)CC2)cc1. The molecule has 0 aromatic heterocycles. The van der Waals surface area contributed by atoms with Gasteiger partial charge < -0.3 is 9.47 Å². The van der Waals surface area contributed by atoms with E-state index in [1.165, 1.54) is 18.7 Å². The van der Waals surface area contributed by atoms with Gasteiger partial charge in [0.25, 0.3) is 0 Å². The Bertz CT molecular complexity index is 903. The van der Waals surface area contributed by atoms with Crippen LogP contribution in [0, 0.1) is 0 Å². The maximum Gasteiger partial charge on any atom is 0.243 e. The lowest BCUT2D eigenvalue weighted by molar-refractivity contribution is 0.278. The second-order valence-electron chi connectivity index (χ2n) is 6.68. The van der Waals surface area contributed by atoms with Gasteiger partial charge in [-0.05, 0) is 48.9 Å². The lowest BCUT2D eigenvalue weighted by Gasteiger charge is -2.22. The van der Waals surface area contributed by atoms with Crippen molar-refractivity contribution in [2.75, 3.05) is 40.4 Å². The van der Waals surface area contributed by atoms with E-state index in [-0.39, 0.29) is 4.90 Å². The summed E-state index contributed by atoms with van der Waals surface area (Å²) >= 11 is 6.12. The summed E-state index contributed by atoms with van der Waals surface area (Å²) < 4.78 is 37.9. The van der Waals surface area contributed by atoms with E-state index in [0.29, 0.717) is 30.4 Å². The molecule has 0 aliphatic carbocycles. The second kappa shape index (κ2) is 9.13. The molecular weight excluding hydrogens is 400 g/mol. The smallest absolute Gasteiger partial charge is 0.243 e. The number of hydrogen-bond acceptors (Lipinski definition) is 5. The van der Waals surface area contributed by atoms with Crippen molar-refractivity contribution in [2.24, 2.45) is 0 Å². The molecule has 1 heterocycles. The molecular formula is C20H25ClN2O4S. The Kier molecular flexibility index (Phi) is 6.82. The fourth-order valence-electron chi connectivity index (χ4n) is 3.29. The van der Waals surface area contributed by atoms with Gasteiger partial charge in [0.2, 0.25) is 10.0 Å². The van der Waals surface area contributed by atoms with E-state index >= 15 is 0 Å². The van der Waals surface area contributed by atoms with E-state index in [4.69, 9.17) is 21.1 Å². The summed E-state index contributed by atoms with van der Waals surface area (Å²) in [6.07, 6.45) is 0.777. The molecule has 6 nitrogen and oxygen atoms in total. The highest BCUT2D eigenvalue weighted by molar-refractivity contribution is 7.89. The molecule has 1 aliphatic rings. The number of benzene rings is 2. The monoisotopic (exact) mass is 424 g/mol. The number of methoxy groups -OCH3 is 2. The topological polar surface area (TPSA) is 59.1 Å². The zero-order chi connectivity index (χ0) is 20.1. The lowest BCUT2D eigenvalue weighted by Crippen LogP contribution is -2.35. The van der Waals surface area contributed by atoms with Crippen LogP contribution in [0.15, 0.2) is 47.4 Å². The molecule has 0 atom stereocenters. The first kappa shape index (κ1) is 20.9. The standard InChI is InChI=1S/C20H25ClN2O4S/c1-26-17-6-4-16(5-7-17)15-22-10-3-11-23(13-12-22)28(24,25)18-8-9-20(27-2)19(21)14-18/h4-9,14H,3,10-13,15H2,1-2H3. The molecule has 0 radical (unpaired) electrons. The number of ether oxygens (including phenoxy) is 2. The number of halogens is 1. The lowest BCUT2D eigenvalue weighted by atomic mass is 10.2. The molecule has 1 fully saturated rings. The molecule has 0 unspecified atom stereocenters. The van der Waals surface area contributed by atoms with Crippen LogP contribution in [0.2, 0.25) is 5.02 Å². The minimum atomic E-state index is -3.59. The predicted molar refractivity (Wildman–Crippen MR) is 110 cm³/mol. The van der Waals surface area contributed by atoms with Gasteiger partial charge in [-0.25, -0.2) is 8.42 Å². The molecule has 2 aromatic carbocycles. The van der Waals surface area contributed by atoms with Crippen LogP contribution in [-0.4, -0.2) is 58.0 Å².